The van der Waals surface area contributed by atoms with E-state index in [1.54, 1.807) is 0 Å². The summed E-state index contributed by atoms with van der Waals surface area (Å²) in [5.41, 5.74) is 0. The second-order valence-electron chi connectivity index (χ2n) is 3.32. The van der Waals surface area contributed by atoms with E-state index in [4.69, 9.17) is 10.2 Å². The zero-order valence-electron chi connectivity index (χ0n) is 8.40. The molecule has 0 spiro atoms. The summed E-state index contributed by atoms with van der Waals surface area (Å²) >= 11 is 0. The van der Waals surface area contributed by atoms with Crippen LogP contribution in [0.5, 0.6) is 0 Å². The van der Waals surface area contributed by atoms with E-state index < -0.39 is 35.8 Å². The van der Waals surface area contributed by atoms with Crippen molar-refractivity contribution in [1.29, 1.82) is 0 Å². The van der Waals surface area contributed by atoms with E-state index in [9.17, 15) is 39.9 Å². The van der Waals surface area contributed by atoms with E-state index >= 15 is 0 Å². The van der Waals surface area contributed by atoms with Crippen molar-refractivity contribution in [2.24, 2.45) is 0 Å². The van der Waals surface area contributed by atoms with Crippen LogP contribution in [0.4, 0.5) is 35.1 Å². The fourth-order valence-corrected chi connectivity index (χ4v) is 0.810. The van der Waals surface area contributed by atoms with Crippen LogP contribution in [-0.4, -0.2) is 46.0 Å². The monoisotopic (exact) mass is 290 g/mol. The first-order valence-electron chi connectivity index (χ1n) is 4.06. The lowest BCUT2D eigenvalue weighted by Crippen LogP contribution is -2.68. The Morgan fingerprint density at radius 3 is 1.61 bits per heavy atom. The van der Waals surface area contributed by atoms with Crippen LogP contribution in [0.15, 0.2) is 0 Å². The number of carbonyl (C=O) groups is 1. The average Bonchev–Trinajstić information content (AvgIpc) is 2.15. The molecule has 0 radical (unpaired) electrons. The molecule has 3 nitrogen and oxygen atoms in total. The van der Waals surface area contributed by atoms with E-state index in [1.165, 1.54) is 0 Å². The summed E-state index contributed by atoms with van der Waals surface area (Å²) in [4.78, 5) is 9.79. The zero-order chi connectivity index (χ0) is 15.2. The number of halogens is 8. The minimum Gasteiger partial charge on any atom is -0.477 e. The van der Waals surface area contributed by atoms with Crippen LogP contribution >= 0.6 is 0 Å². The van der Waals surface area contributed by atoms with Gasteiger partial charge in [-0.1, -0.05) is 0 Å². The maximum Gasteiger partial charge on any atom is 0.406 e. The van der Waals surface area contributed by atoms with Gasteiger partial charge in [0.05, 0.1) is 0 Å². The van der Waals surface area contributed by atoms with Gasteiger partial charge in [0, 0.05) is 0 Å². The molecule has 0 aromatic rings. The Morgan fingerprint density at radius 1 is 1.06 bits per heavy atom. The van der Waals surface area contributed by atoms with Gasteiger partial charge in [0.25, 0.3) is 0 Å². The lowest BCUT2D eigenvalue weighted by Gasteiger charge is -2.37. The third-order valence-corrected chi connectivity index (χ3v) is 2.02. The lowest BCUT2D eigenvalue weighted by molar-refractivity contribution is -0.392. The summed E-state index contributed by atoms with van der Waals surface area (Å²) in [5.74, 6) is -29.1. The van der Waals surface area contributed by atoms with Crippen molar-refractivity contribution in [2.45, 2.75) is 36.7 Å². The second-order valence-corrected chi connectivity index (χ2v) is 3.32. The second kappa shape index (κ2) is 4.21. The Bertz CT molecular complexity index is 338. The Balaban J connectivity index is 5.81. The predicted octanol–water partition coefficient (Wildman–Crippen LogP) is 1.99. The molecule has 2 atom stereocenters. The quantitative estimate of drug-likeness (QED) is 0.761. The van der Waals surface area contributed by atoms with Gasteiger partial charge < -0.3 is 10.2 Å². The van der Waals surface area contributed by atoms with Crippen LogP contribution in [0.25, 0.3) is 0 Å². The molecule has 0 aliphatic carbocycles. The van der Waals surface area contributed by atoms with Gasteiger partial charge in [0.15, 0.2) is 6.17 Å². The third-order valence-electron chi connectivity index (χ3n) is 2.02. The fraction of sp³-hybridized carbons (Fsp3) is 0.857. The number of carboxylic acid groups (broad SMARTS) is 1. The van der Waals surface area contributed by atoms with E-state index in [2.05, 4.69) is 0 Å². The van der Waals surface area contributed by atoms with Crippen molar-refractivity contribution >= 4 is 5.97 Å². The number of alkyl halides is 8. The summed E-state index contributed by atoms with van der Waals surface area (Å²) in [6.07, 6.45) is -3.82. The third kappa shape index (κ3) is 1.99. The van der Waals surface area contributed by atoms with Crippen LogP contribution in [0.3, 0.4) is 0 Å². The highest BCUT2D eigenvalue weighted by atomic mass is 19.3. The van der Waals surface area contributed by atoms with E-state index in [0.29, 0.717) is 0 Å². The first-order chi connectivity index (χ1) is 7.64. The van der Waals surface area contributed by atoms with Crippen LogP contribution in [-0.2, 0) is 4.79 Å². The number of carboxylic acids is 1. The van der Waals surface area contributed by atoms with Crippen molar-refractivity contribution in [1.82, 2.24) is 0 Å². The van der Waals surface area contributed by atoms with Crippen LogP contribution in [0.1, 0.15) is 6.92 Å². The number of aliphatic carboxylic acids is 1. The molecule has 0 bridgehead atoms. The minimum atomic E-state index is -6.67. The normalized spacial score (nSPS) is 19.2. The van der Waals surface area contributed by atoms with Gasteiger partial charge >= 0.3 is 29.6 Å². The molecule has 0 aliphatic rings. The van der Waals surface area contributed by atoms with Gasteiger partial charge in [0.1, 0.15) is 0 Å². The SMILES string of the molecule is CC(F)C(F)(F)C(F)(F)C(O)(F)C(F)(F)C(=O)O. The first kappa shape index (κ1) is 16.9. The van der Waals surface area contributed by atoms with Crippen molar-refractivity contribution in [3.63, 3.8) is 0 Å². The minimum absolute atomic E-state index is 0.205. The van der Waals surface area contributed by atoms with Crippen LogP contribution in [0, 0.1) is 0 Å². The molecule has 0 saturated heterocycles. The van der Waals surface area contributed by atoms with Crippen LogP contribution in [0.2, 0.25) is 0 Å². The van der Waals surface area contributed by atoms with Gasteiger partial charge in [-0.2, -0.15) is 30.7 Å². The van der Waals surface area contributed by atoms with E-state index in [-0.39, 0.29) is 6.92 Å². The molecule has 0 aromatic heterocycles. The van der Waals surface area contributed by atoms with Gasteiger partial charge in [-0.3, -0.25) is 0 Å². The van der Waals surface area contributed by atoms with Crippen molar-refractivity contribution in [3.05, 3.63) is 0 Å². The largest absolute Gasteiger partial charge is 0.477 e. The molecule has 11 heteroatoms. The molecule has 2 N–H and O–H groups in total. The highest BCUT2D eigenvalue weighted by molar-refractivity contribution is 5.77. The van der Waals surface area contributed by atoms with E-state index in [0.717, 1.165) is 0 Å². The number of hydrogen-bond donors (Lipinski definition) is 2. The van der Waals surface area contributed by atoms with Crippen LogP contribution < -0.4 is 0 Å². The summed E-state index contributed by atoms with van der Waals surface area (Å²) in [6, 6.07) is 0. The predicted molar refractivity (Wildman–Crippen MR) is 39.1 cm³/mol. The standard InChI is InChI=1S/C7H6F8O3/c1-2(8)4(9,10)6(13,14)7(15,18)5(11,12)3(16)17/h2,18H,1H3,(H,16,17). The Labute approximate surface area is 94.0 Å². The van der Waals surface area contributed by atoms with Crippen molar-refractivity contribution in [2.75, 3.05) is 0 Å². The molecule has 0 rings (SSSR count). The van der Waals surface area contributed by atoms with Crippen molar-refractivity contribution < 1.29 is 50.1 Å². The molecule has 2 unspecified atom stereocenters. The smallest absolute Gasteiger partial charge is 0.406 e. The maximum absolute atomic E-state index is 12.8. The van der Waals surface area contributed by atoms with E-state index in [1.807, 2.05) is 0 Å². The number of rotatable bonds is 5. The number of hydrogen-bond acceptors (Lipinski definition) is 2. The Morgan fingerprint density at radius 2 is 1.39 bits per heavy atom. The highest BCUT2D eigenvalue weighted by Gasteiger charge is 2.82. The Kier molecular flexibility index (Phi) is 3.95. The zero-order valence-corrected chi connectivity index (χ0v) is 8.40. The molecular formula is C7H6F8O3. The fourth-order valence-electron chi connectivity index (χ4n) is 0.810. The summed E-state index contributed by atoms with van der Waals surface area (Å²) in [5, 5.41) is 15.9. The molecule has 0 amide bonds. The molecule has 108 valence electrons. The number of aliphatic hydroxyl groups is 1. The lowest BCUT2D eigenvalue weighted by atomic mass is 9.95. The molecule has 0 aliphatic heterocycles. The topological polar surface area (TPSA) is 57.5 Å². The summed E-state index contributed by atoms with van der Waals surface area (Å²) in [6.45, 7) is -0.205. The average molecular weight is 290 g/mol. The van der Waals surface area contributed by atoms with Gasteiger partial charge in [-0.25, -0.2) is 9.18 Å². The molecule has 0 saturated carbocycles. The summed E-state index contributed by atoms with van der Waals surface area (Å²) in [7, 11) is 0. The van der Waals surface area contributed by atoms with Crippen molar-refractivity contribution in [3.8, 4) is 0 Å². The molecule has 18 heavy (non-hydrogen) atoms. The summed E-state index contributed by atoms with van der Waals surface area (Å²) < 4.78 is 100. The molecule has 0 fully saturated rings. The van der Waals surface area contributed by atoms with Gasteiger partial charge in [-0.05, 0) is 6.92 Å². The molecular weight excluding hydrogens is 284 g/mol. The van der Waals surface area contributed by atoms with Gasteiger partial charge in [0.2, 0.25) is 0 Å². The molecule has 0 heterocycles. The highest BCUT2D eigenvalue weighted by Crippen LogP contribution is 2.51. The van der Waals surface area contributed by atoms with Gasteiger partial charge in [-0.15, -0.1) is 0 Å². The maximum atomic E-state index is 12.8. The first-order valence-corrected chi connectivity index (χ1v) is 4.06. The molecule has 0 aromatic carbocycles. The Hall–Kier alpha value is -1.13.